The van der Waals surface area contributed by atoms with Gasteiger partial charge in [-0.1, -0.05) is 46.6 Å². The molecule has 3 aliphatic rings. The summed E-state index contributed by atoms with van der Waals surface area (Å²) in [6.07, 6.45) is 3.51. The van der Waals surface area contributed by atoms with Gasteiger partial charge in [0.1, 0.15) is 11.6 Å². The van der Waals surface area contributed by atoms with Gasteiger partial charge in [0.2, 0.25) is 11.8 Å². The molecule has 0 radical (unpaired) electrons. The van der Waals surface area contributed by atoms with Crippen molar-refractivity contribution < 1.29 is 24.2 Å². The maximum atomic E-state index is 14.4. The van der Waals surface area contributed by atoms with E-state index in [1.807, 2.05) is 6.92 Å². The number of rotatable bonds is 10. The molecule has 3 amide bonds. The number of anilines is 1. The van der Waals surface area contributed by atoms with E-state index >= 15 is 0 Å². The summed E-state index contributed by atoms with van der Waals surface area (Å²) in [4.78, 5) is 46.5. The van der Waals surface area contributed by atoms with Gasteiger partial charge in [-0.15, -0.1) is 13.2 Å². The van der Waals surface area contributed by atoms with E-state index in [2.05, 4.69) is 29.1 Å². The third kappa shape index (κ3) is 4.43. The fourth-order valence-electron chi connectivity index (χ4n) is 6.19. The zero-order valence-electron chi connectivity index (χ0n) is 21.1. The van der Waals surface area contributed by atoms with Gasteiger partial charge in [0.05, 0.1) is 30.6 Å². The van der Waals surface area contributed by atoms with Crippen molar-refractivity contribution in [3.05, 3.63) is 54.6 Å². The second kappa shape index (κ2) is 10.9. The lowest BCUT2D eigenvalue weighted by molar-refractivity contribution is -0.146. The molecule has 7 atom stereocenters. The first-order chi connectivity index (χ1) is 17.7. The molecule has 3 fully saturated rings. The first kappa shape index (κ1) is 27.8. The number of nitrogens with zero attached hydrogens (tertiary/aromatic N) is 3. The topological polar surface area (TPSA) is 90.4 Å². The summed E-state index contributed by atoms with van der Waals surface area (Å²) in [5, 5.41) is 10.8. The first-order valence-corrected chi connectivity index (χ1v) is 13.7. The molecule has 37 heavy (non-hydrogen) atoms. The number of likely N-dealkylation sites (N-methyl/N-ethyl adjacent to an activating group) is 1. The summed E-state index contributed by atoms with van der Waals surface area (Å²) < 4.78 is 6.56. The SMILES string of the molecule is C=CCN(C)C(=O)[C@H]1[C@H]2C(=O)N([C@@H](CC)CO)C(C(=O)N(CC=C)c3ccc(Cl)cc3)C23CC(Br)[C@@H]1O3. The van der Waals surface area contributed by atoms with E-state index in [1.54, 1.807) is 48.4 Å². The van der Waals surface area contributed by atoms with Crippen molar-refractivity contribution in [3.63, 3.8) is 0 Å². The minimum atomic E-state index is -1.21. The van der Waals surface area contributed by atoms with Gasteiger partial charge in [-0.2, -0.15) is 0 Å². The van der Waals surface area contributed by atoms with Crippen LogP contribution in [0, 0.1) is 11.8 Å². The van der Waals surface area contributed by atoms with Gasteiger partial charge < -0.3 is 24.5 Å². The maximum Gasteiger partial charge on any atom is 0.253 e. The molecule has 2 bridgehead atoms. The van der Waals surface area contributed by atoms with Crippen LogP contribution < -0.4 is 4.90 Å². The van der Waals surface area contributed by atoms with Crippen molar-refractivity contribution in [1.82, 2.24) is 9.80 Å². The molecule has 3 unspecified atom stereocenters. The van der Waals surface area contributed by atoms with Gasteiger partial charge in [0.25, 0.3) is 5.91 Å². The Balaban J connectivity index is 1.83. The molecule has 0 aromatic heterocycles. The Labute approximate surface area is 231 Å². The lowest BCUT2D eigenvalue weighted by Crippen LogP contribution is -2.59. The highest BCUT2D eigenvalue weighted by molar-refractivity contribution is 9.09. The predicted molar refractivity (Wildman–Crippen MR) is 146 cm³/mol. The number of hydrogen-bond donors (Lipinski definition) is 1. The Kier molecular flexibility index (Phi) is 8.19. The minimum absolute atomic E-state index is 0.196. The number of ether oxygens (including phenoxy) is 1. The Morgan fingerprint density at radius 2 is 1.92 bits per heavy atom. The van der Waals surface area contributed by atoms with Crippen LogP contribution in [0.1, 0.15) is 19.8 Å². The highest BCUT2D eigenvalue weighted by Gasteiger charge is 2.77. The van der Waals surface area contributed by atoms with E-state index in [9.17, 15) is 19.5 Å². The lowest BCUT2D eigenvalue weighted by Gasteiger charge is -2.39. The van der Waals surface area contributed by atoms with E-state index in [1.165, 1.54) is 9.80 Å². The first-order valence-electron chi connectivity index (χ1n) is 12.4. The van der Waals surface area contributed by atoms with E-state index in [-0.39, 0.29) is 35.7 Å². The molecule has 4 rings (SSSR count). The van der Waals surface area contributed by atoms with Crippen LogP contribution in [-0.2, 0) is 19.1 Å². The molecule has 1 N–H and O–H groups in total. The molecule has 8 nitrogen and oxygen atoms in total. The second-order valence-electron chi connectivity index (χ2n) is 9.88. The summed E-state index contributed by atoms with van der Waals surface area (Å²) in [5.41, 5.74) is -0.614. The van der Waals surface area contributed by atoms with Crippen LogP contribution in [0.4, 0.5) is 5.69 Å². The molecule has 10 heteroatoms. The standard InChI is InChI=1S/C27H33BrClN3O5/c1-5-12-30(4)24(34)20-21-25(35)32(17(7-3)15-33)23(27(21)14-19(28)22(20)37-27)26(36)31(13-6-2)18-10-8-16(29)9-11-18/h5-6,8-11,17,19-23,33H,1-2,7,12-15H2,3-4H3/t17-,19?,20-,21-,22-,23?,27?/m0/s1. The third-order valence-corrected chi connectivity index (χ3v) is 8.91. The molecule has 1 aromatic carbocycles. The summed E-state index contributed by atoms with van der Waals surface area (Å²) >= 11 is 9.76. The molecule has 3 aliphatic heterocycles. The van der Waals surface area contributed by atoms with Crippen LogP contribution >= 0.6 is 27.5 Å². The van der Waals surface area contributed by atoms with Gasteiger partial charge in [0.15, 0.2) is 0 Å². The summed E-state index contributed by atoms with van der Waals surface area (Å²) in [6, 6.07) is 5.23. The molecule has 3 heterocycles. The minimum Gasteiger partial charge on any atom is -0.394 e. The monoisotopic (exact) mass is 593 g/mol. The number of fused-ring (bicyclic) bond motifs is 1. The highest BCUT2D eigenvalue weighted by Crippen LogP contribution is 2.61. The van der Waals surface area contributed by atoms with Crippen LogP contribution in [0.2, 0.25) is 5.02 Å². The number of alkyl halides is 1. The average molecular weight is 595 g/mol. The van der Waals surface area contributed by atoms with Crippen molar-refractivity contribution in [2.24, 2.45) is 11.8 Å². The lowest BCUT2D eigenvalue weighted by atomic mass is 9.70. The smallest absolute Gasteiger partial charge is 0.253 e. The molecule has 200 valence electrons. The number of carbonyl (C=O) groups is 3. The van der Waals surface area contributed by atoms with Crippen LogP contribution in [0.25, 0.3) is 0 Å². The Bertz CT molecular complexity index is 1080. The number of benzene rings is 1. The number of aliphatic hydroxyl groups is 1. The highest BCUT2D eigenvalue weighted by atomic mass is 79.9. The van der Waals surface area contributed by atoms with Crippen molar-refractivity contribution >= 4 is 50.9 Å². The summed E-state index contributed by atoms with van der Waals surface area (Å²) in [6.45, 7) is 9.59. The maximum absolute atomic E-state index is 14.4. The average Bonchev–Trinajstić information content (AvgIpc) is 3.47. The normalized spacial score (nSPS) is 30.7. The van der Waals surface area contributed by atoms with Crippen LogP contribution in [0.15, 0.2) is 49.6 Å². The van der Waals surface area contributed by atoms with Gasteiger partial charge in [-0.25, -0.2) is 0 Å². The Morgan fingerprint density at radius 1 is 1.27 bits per heavy atom. The largest absolute Gasteiger partial charge is 0.394 e. The second-order valence-corrected chi connectivity index (χ2v) is 11.5. The predicted octanol–water partition coefficient (Wildman–Crippen LogP) is 3.02. The molecule has 1 aromatic rings. The Morgan fingerprint density at radius 3 is 2.49 bits per heavy atom. The number of aliphatic hydroxyl groups excluding tert-OH is 1. The number of carbonyl (C=O) groups excluding carboxylic acids is 3. The van der Waals surface area contributed by atoms with E-state index in [0.29, 0.717) is 30.1 Å². The van der Waals surface area contributed by atoms with Crippen molar-refractivity contribution in [1.29, 1.82) is 0 Å². The fourth-order valence-corrected chi connectivity index (χ4v) is 7.26. The van der Waals surface area contributed by atoms with Gasteiger partial charge in [-0.05, 0) is 37.1 Å². The van der Waals surface area contributed by atoms with Crippen LogP contribution in [0.3, 0.4) is 0 Å². The van der Waals surface area contributed by atoms with Gasteiger partial charge in [0, 0.05) is 35.7 Å². The quantitative estimate of drug-likeness (QED) is 0.332. The molecular weight excluding hydrogens is 562 g/mol. The Hall–Kier alpha value is -2.20. The third-order valence-electron chi connectivity index (χ3n) is 7.82. The summed E-state index contributed by atoms with van der Waals surface area (Å²) in [7, 11) is 1.67. The van der Waals surface area contributed by atoms with Crippen molar-refractivity contribution in [2.45, 2.75) is 48.4 Å². The number of halogens is 2. The van der Waals surface area contributed by atoms with Gasteiger partial charge >= 0.3 is 0 Å². The number of likely N-dealkylation sites (tertiary alicyclic amines) is 1. The van der Waals surface area contributed by atoms with E-state index in [0.717, 1.165) is 0 Å². The van der Waals surface area contributed by atoms with Crippen LogP contribution in [0.5, 0.6) is 0 Å². The molecule has 0 saturated carbocycles. The zero-order chi connectivity index (χ0) is 27.1. The molecule has 1 spiro atoms. The molecular formula is C27H33BrClN3O5. The van der Waals surface area contributed by atoms with Crippen molar-refractivity contribution in [2.75, 3.05) is 31.6 Å². The summed E-state index contributed by atoms with van der Waals surface area (Å²) in [5.74, 6) is -2.49. The number of hydrogen-bond acceptors (Lipinski definition) is 5. The van der Waals surface area contributed by atoms with Crippen LogP contribution in [-0.4, -0.2) is 88.0 Å². The van der Waals surface area contributed by atoms with Crippen molar-refractivity contribution in [3.8, 4) is 0 Å². The van der Waals surface area contributed by atoms with E-state index < -0.39 is 35.6 Å². The van der Waals surface area contributed by atoms with Gasteiger partial charge in [-0.3, -0.25) is 14.4 Å². The molecule has 0 aliphatic carbocycles. The number of amides is 3. The zero-order valence-corrected chi connectivity index (χ0v) is 23.4. The fraction of sp³-hybridized carbons (Fsp3) is 0.519. The van der Waals surface area contributed by atoms with E-state index in [4.69, 9.17) is 16.3 Å². The molecule has 3 saturated heterocycles.